The lowest BCUT2D eigenvalue weighted by Gasteiger charge is -2.23. The van der Waals surface area contributed by atoms with E-state index in [-0.39, 0.29) is 0 Å². The van der Waals surface area contributed by atoms with Gasteiger partial charge in [0.25, 0.3) is 0 Å². The van der Waals surface area contributed by atoms with Crippen LogP contribution in [-0.2, 0) is 0 Å². The number of methoxy groups -OCH3 is 1. The highest BCUT2D eigenvalue weighted by molar-refractivity contribution is 5.87. The monoisotopic (exact) mass is 282 g/mol. The number of hydrogen-bond donors (Lipinski definition) is 2. The highest BCUT2D eigenvalue weighted by atomic mass is 16.5. The van der Waals surface area contributed by atoms with Crippen molar-refractivity contribution in [2.75, 3.05) is 51.3 Å². The molecule has 1 rings (SSSR count). The molecule has 0 saturated heterocycles. The van der Waals surface area contributed by atoms with Gasteiger partial charge in [-0.3, -0.25) is 0 Å². The maximum atomic E-state index is 10.9. The van der Waals surface area contributed by atoms with Crippen LogP contribution < -0.4 is 20.5 Å². The summed E-state index contributed by atoms with van der Waals surface area (Å²) in [7, 11) is 7.47. The van der Waals surface area contributed by atoms with Crippen molar-refractivity contribution in [3.63, 3.8) is 0 Å². The predicted octanol–water partition coefficient (Wildman–Crippen LogP) is 1.05. The Balaban J connectivity index is 2.94. The number of likely N-dealkylation sites (N-methyl/N-ethyl adjacent to an activating group) is 2. The topological polar surface area (TPSA) is 82.3 Å². The number of hydrazine groups is 1. The van der Waals surface area contributed by atoms with Crippen molar-refractivity contribution in [3.8, 4) is 5.75 Å². The number of carboxylic acid groups (broad SMARTS) is 1. The summed E-state index contributed by atoms with van der Waals surface area (Å²) < 4.78 is 5.21. The van der Waals surface area contributed by atoms with Gasteiger partial charge in [-0.1, -0.05) is 0 Å². The van der Waals surface area contributed by atoms with Gasteiger partial charge in [-0.25, -0.2) is 15.6 Å². The summed E-state index contributed by atoms with van der Waals surface area (Å²) in [4.78, 5) is 15.0. The fourth-order valence-electron chi connectivity index (χ4n) is 1.68. The lowest BCUT2D eigenvalue weighted by Crippen LogP contribution is -2.36. The van der Waals surface area contributed by atoms with Crippen molar-refractivity contribution in [1.29, 1.82) is 0 Å². The molecular formula is C13H22N4O3. The Kier molecular flexibility index (Phi) is 5.60. The molecule has 0 aliphatic heterocycles. The third-order valence-corrected chi connectivity index (χ3v) is 2.95. The summed E-state index contributed by atoms with van der Waals surface area (Å²) >= 11 is 0. The van der Waals surface area contributed by atoms with Crippen LogP contribution in [-0.4, -0.2) is 57.4 Å². The Labute approximate surface area is 119 Å². The van der Waals surface area contributed by atoms with Gasteiger partial charge in [0.15, 0.2) is 0 Å². The van der Waals surface area contributed by atoms with Crippen LogP contribution in [0.5, 0.6) is 5.75 Å². The molecule has 0 aliphatic rings. The molecular weight excluding hydrogens is 260 g/mol. The number of nitrogens with zero attached hydrogens (tertiary/aromatic N) is 3. The van der Waals surface area contributed by atoms with Crippen LogP contribution in [0, 0.1) is 0 Å². The number of anilines is 2. The zero-order valence-corrected chi connectivity index (χ0v) is 12.3. The predicted molar refractivity (Wildman–Crippen MR) is 79.5 cm³/mol. The van der Waals surface area contributed by atoms with Gasteiger partial charge in [0.05, 0.1) is 7.11 Å². The van der Waals surface area contributed by atoms with Crippen LogP contribution in [0.15, 0.2) is 18.2 Å². The van der Waals surface area contributed by atoms with Crippen LogP contribution >= 0.6 is 0 Å². The van der Waals surface area contributed by atoms with Crippen molar-refractivity contribution in [1.82, 2.24) is 4.90 Å². The van der Waals surface area contributed by atoms with Gasteiger partial charge < -0.3 is 19.6 Å². The van der Waals surface area contributed by atoms with E-state index in [1.165, 1.54) is 7.11 Å². The summed E-state index contributed by atoms with van der Waals surface area (Å²) in [5.41, 5.74) is 1.25. The standard InChI is InChI=1S/C13H22N4O3/c1-15(2)7-8-16(3)10-5-6-11(12(9-10)20-4)17(14)13(18)19/h5-6,9H,7-8,14H2,1-4H3,(H,18,19). The van der Waals surface area contributed by atoms with Crippen molar-refractivity contribution < 1.29 is 14.6 Å². The van der Waals surface area contributed by atoms with Crippen LogP contribution in [0.3, 0.4) is 0 Å². The van der Waals surface area contributed by atoms with Gasteiger partial charge in [-0.05, 0) is 26.2 Å². The molecule has 1 aromatic rings. The molecule has 0 aliphatic carbocycles. The minimum Gasteiger partial charge on any atom is -0.494 e. The van der Waals surface area contributed by atoms with Crippen LogP contribution in [0.4, 0.5) is 16.2 Å². The molecule has 0 fully saturated rings. The zero-order valence-electron chi connectivity index (χ0n) is 12.3. The molecule has 0 heterocycles. The molecule has 7 nitrogen and oxygen atoms in total. The third kappa shape index (κ3) is 4.01. The number of hydrogen-bond acceptors (Lipinski definition) is 5. The number of ether oxygens (including phenoxy) is 1. The molecule has 3 N–H and O–H groups in total. The Morgan fingerprint density at radius 1 is 1.30 bits per heavy atom. The number of carbonyl (C=O) groups is 1. The van der Waals surface area contributed by atoms with Gasteiger partial charge in [0, 0.05) is 31.9 Å². The average molecular weight is 282 g/mol. The average Bonchev–Trinajstić information content (AvgIpc) is 2.42. The van der Waals surface area contributed by atoms with Crippen molar-refractivity contribution in [2.24, 2.45) is 5.84 Å². The van der Waals surface area contributed by atoms with Crippen LogP contribution in [0.1, 0.15) is 0 Å². The molecule has 0 aromatic heterocycles. The van der Waals surface area contributed by atoms with Gasteiger partial charge in [0.2, 0.25) is 0 Å². The first-order chi connectivity index (χ1) is 9.36. The molecule has 0 spiro atoms. The molecule has 0 unspecified atom stereocenters. The van der Waals surface area contributed by atoms with Crippen molar-refractivity contribution in [3.05, 3.63) is 18.2 Å². The highest BCUT2D eigenvalue weighted by Gasteiger charge is 2.16. The van der Waals surface area contributed by atoms with E-state index >= 15 is 0 Å². The first-order valence-electron chi connectivity index (χ1n) is 6.18. The van der Waals surface area contributed by atoms with E-state index in [0.29, 0.717) is 16.4 Å². The van der Waals surface area contributed by atoms with Crippen LogP contribution in [0.25, 0.3) is 0 Å². The van der Waals surface area contributed by atoms with E-state index < -0.39 is 6.09 Å². The first kappa shape index (κ1) is 16.1. The smallest absolute Gasteiger partial charge is 0.426 e. The molecule has 0 atom stereocenters. The van der Waals surface area contributed by atoms with Gasteiger partial charge in [-0.2, -0.15) is 0 Å². The Morgan fingerprint density at radius 3 is 2.45 bits per heavy atom. The van der Waals surface area contributed by atoms with E-state index in [0.717, 1.165) is 18.8 Å². The third-order valence-electron chi connectivity index (χ3n) is 2.95. The molecule has 20 heavy (non-hydrogen) atoms. The number of nitrogens with two attached hydrogens (primary N) is 1. The number of amides is 1. The Morgan fingerprint density at radius 2 is 1.95 bits per heavy atom. The summed E-state index contributed by atoms with van der Waals surface area (Å²) in [6.45, 7) is 1.76. The van der Waals surface area contributed by atoms with E-state index in [9.17, 15) is 4.79 Å². The normalized spacial score (nSPS) is 10.5. The van der Waals surface area contributed by atoms with Gasteiger partial charge in [-0.15, -0.1) is 0 Å². The zero-order chi connectivity index (χ0) is 15.3. The molecule has 1 aromatic carbocycles. The highest BCUT2D eigenvalue weighted by Crippen LogP contribution is 2.31. The lowest BCUT2D eigenvalue weighted by molar-refractivity contribution is 0.201. The maximum absolute atomic E-state index is 10.9. The molecule has 0 saturated carbocycles. The quantitative estimate of drug-likeness (QED) is 0.461. The summed E-state index contributed by atoms with van der Waals surface area (Å²) in [6, 6.07) is 5.22. The second kappa shape index (κ2) is 6.97. The van der Waals surface area contributed by atoms with E-state index in [2.05, 4.69) is 9.80 Å². The fraction of sp³-hybridized carbons (Fsp3) is 0.462. The lowest BCUT2D eigenvalue weighted by atomic mass is 10.2. The summed E-state index contributed by atoms with van der Waals surface area (Å²) in [5.74, 6) is 5.89. The second-order valence-corrected chi connectivity index (χ2v) is 4.73. The number of rotatable bonds is 6. The van der Waals surface area contributed by atoms with Crippen LogP contribution in [0.2, 0.25) is 0 Å². The molecule has 112 valence electrons. The number of benzene rings is 1. The van der Waals surface area contributed by atoms with Crippen molar-refractivity contribution >= 4 is 17.5 Å². The fourth-order valence-corrected chi connectivity index (χ4v) is 1.68. The van der Waals surface area contributed by atoms with E-state index in [1.54, 1.807) is 12.1 Å². The largest absolute Gasteiger partial charge is 0.494 e. The molecule has 7 heteroatoms. The summed E-state index contributed by atoms with van der Waals surface area (Å²) in [6.07, 6.45) is -1.24. The second-order valence-electron chi connectivity index (χ2n) is 4.73. The Hall–Kier alpha value is -1.99. The van der Waals surface area contributed by atoms with Gasteiger partial charge >= 0.3 is 6.09 Å². The van der Waals surface area contributed by atoms with E-state index in [1.807, 2.05) is 27.2 Å². The summed E-state index contributed by atoms with van der Waals surface area (Å²) in [5, 5.41) is 9.55. The SMILES string of the molecule is COc1cc(N(C)CCN(C)C)ccc1N(N)C(=O)O. The van der Waals surface area contributed by atoms with Gasteiger partial charge in [0.1, 0.15) is 11.4 Å². The first-order valence-corrected chi connectivity index (χ1v) is 6.18. The maximum Gasteiger partial charge on any atom is 0.426 e. The minimum atomic E-state index is -1.24. The van der Waals surface area contributed by atoms with E-state index in [4.69, 9.17) is 15.7 Å². The molecule has 0 bridgehead atoms. The molecule has 0 radical (unpaired) electrons. The van der Waals surface area contributed by atoms with Crippen molar-refractivity contribution in [2.45, 2.75) is 0 Å². The molecule has 1 amide bonds. The Bertz CT molecular complexity index is 465. The minimum absolute atomic E-state index is 0.310.